The predicted molar refractivity (Wildman–Crippen MR) is 122 cm³/mol. The number of anilines is 1. The lowest BCUT2D eigenvalue weighted by atomic mass is 9.93. The summed E-state index contributed by atoms with van der Waals surface area (Å²) < 4.78 is 17.4. The van der Waals surface area contributed by atoms with Gasteiger partial charge in [0.15, 0.2) is 5.82 Å². The van der Waals surface area contributed by atoms with E-state index in [1.807, 2.05) is 19.9 Å². The number of nitrogens with two attached hydrogens (primary N) is 1. The van der Waals surface area contributed by atoms with E-state index in [1.54, 1.807) is 13.0 Å². The van der Waals surface area contributed by atoms with Crippen LogP contribution in [0.2, 0.25) is 0 Å². The minimum atomic E-state index is -1.90. The normalized spacial score (nSPS) is 16.1. The van der Waals surface area contributed by atoms with Crippen molar-refractivity contribution >= 4 is 17.3 Å². The summed E-state index contributed by atoms with van der Waals surface area (Å²) in [6.07, 6.45) is -0.179. The van der Waals surface area contributed by atoms with Gasteiger partial charge in [-0.3, -0.25) is 10.1 Å². The molecule has 0 fully saturated rings. The molecule has 2 rings (SSSR count). The van der Waals surface area contributed by atoms with E-state index < -0.39 is 29.8 Å². The van der Waals surface area contributed by atoms with Crippen LogP contribution in [0.15, 0.2) is 18.5 Å². The van der Waals surface area contributed by atoms with Crippen LogP contribution in [0.5, 0.6) is 0 Å². The number of esters is 1. The average molecular weight is 479 g/mol. The lowest BCUT2D eigenvalue weighted by Gasteiger charge is -2.32. The number of hydrogen-bond donors (Lipinski definition) is 4. The molecule has 5 N–H and O–H groups in total. The van der Waals surface area contributed by atoms with Crippen molar-refractivity contribution in [3.05, 3.63) is 24.2 Å². The van der Waals surface area contributed by atoms with E-state index in [1.165, 1.54) is 24.0 Å². The van der Waals surface area contributed by atoms with Crippen molar-refractivity contribution in [3.63, 3.8) is 0 Å². The molecule has 0 saturated carbocycles. The molecular formula is C22H34N6O6. The monoisotopic (exact) mass is 478 g/mol. The van der Waals surface area contributed by atoms with Crippen molar-refractivity contribution in [1.82, 2.24) is 19.9 Å². The Kier molecular flexibility index (Phi) is 10.2. The molecule has 2 aromatic rings. The largest absolute Gasteiger partial charge is 0.464 e. The zero-order valence-corrected chi connectivity index (χ0v) is 20.0. The Morgan fingerprint density at radius 1 is 1.35 bits per heavy atom. The van der Waals surface area contributed by atoms with Crippen molar-refractivity contribution in [3.8, 4) is 6.07 Å². The van der Waals surface area contributed by atoms with Crippen LogP contribution in [0.1, 0.15) is 45.4 Å². The van der Waals surface area contributed by atoms with E-state index in [0.29, 0.717) is 18.0 Å². The number of aliphatic hydroxyl groups is 2. The standard InChI is InChI=1S/C22H34N6O6/c1-5-15(6-2)9-34-21(31)14(3)26-13-33-11-22(10-23,32-4)19(30)18(29)16-7-8-17-20(24)25-12-27-28(16)17/h7-8,12,14-15,18-19,26,29-30H,5-6,9,11,13H2,1-4H3,(H2,24,25,27)/t14-,18-,19-,22?/m0/s1. The van der Waals surface area contributed by atoms with Crippen molar-refractivity contribution in [1.29, 1.82) is 5.26 Å². The fraction of sp³-hybridized carbons (Fsp3) is 0.636. The lowest BCUT2D eigenvalue weighted by molar-refractivity contribution is -0.152. The van der Waals surface area contributed by atoms with Crippen LogP contribution >= 0.6 is 0 Å². The second-order valence-electron chi connectivity index (χ2n) is 8.03. The highest BCUT2D eigenvalue weighted by molar-refractivity contribution is 5.75. The van der Waals surface area contributed by atoms with Gasteiger partial charge in [0.05, 0.1) is 25.6 Å². The van der Waals surface area contributed by atoms with E-state index in [-0.39, 0.29) is 24.8 Å². The van der Waals surface area contributed by atoms with E-state index in [0.717, 1.165) is 12.8 Å². The van der Waals surface area contributed by atoms with Crippen LogP contribution < -0.4 is 11.1 Å². The average Bonchev–Trinajstić information content (AvgIpc) is 3.29. The highest BCUT2D eigenvalue weighted by Crippen LogP contribution is 2.29. The van der Waals surface area contributed by atoms with Crippen LogP contribution in [0.3, 0.4) is 0 Å². The van der Waals surface area contributed by atoms with Crippen molar-refractivity contribution in [2.24, 2.45) is 5.92 Å². The summed E-state index contributed by atoms with van der Waals surface area (Å²) in [6, 6.07) is 4.35. The molecule has 2 heterocycles. The van der Waals surface area contributed by atoms with Crippen molar-refractivity contribution in [2.75, 3.05) is 32.8 Å². The summed E-state index contributed by atoms with van der Waals surface area (Å²) in [4.78, 5) is 16.0. The molecule has 4 atom stereocenters. The number of carbonyl (C=O) groups excluding carboxylic acids is 1. The molecule has 1 unspecified atom stereocenters. The Morgan fingerprint density at radius 3 is 2.68 bits per heavy atom. The SMILES string of the molecule is CCC(CC)COC(=O)[C@H](C)NCOCC(C#N)(OC)[C@@H](O)[C@@H](O)c1ccc2c(N)ncnn12. The Hall–Kier alpha value is -2.82. The van der Waals surface area contributed by atoms with Gasteiger partial charge >= 0.3 is 5.97 Å². The molecule has 0 aromatic carbocycles. The fourth-order valence-electron chi connectivity index (χ4n) is 3.34. The smallest absolute Gasteiger partial charge is 0.322 e. The molecule has 0 aliphatic heterocycles. The zero-order chi connectivity index (χ0) is 25.3. The molecule has 188 valence electrons. The van der Waals surface area contributed by atoms with Gasteiger partial charge in [0.2, 0.25) is 5.60 Å². The van der Waals surface area contributed by atoms with Gasteiger partial charge in [-0.1, -0.05) is 26.7 Å². The number of rotatable bonds is 14. The molecule has 12 heteroatoms. The van der Waals surface area contributed by atoms with Crippen LogP contribution in [0.4, 0.5) is 5.82 Å². The molecule has 34 heavy (non-hydrogen) atoms. The number of nitrogen functional groups attached to an aromatic ring is 1. The zero-order valence-electron chi connectivity index (χ0n) is 20.0. The van der Waals surface area contributed by atoms with Crippen molar-refractivity contribution in [2.45, 2.75) is 57.5 Å². The summed E-state index contributed by atoms with van der Waals surface area (Å²) >= 11 is 0. The molecule has 0 spiro atoms. The molecule has 0 bridgehead atoms. The minimum Gasteiger partial charge on any atom is -0.464 e. The van der Waals surface area contributed by atoms with E-state index >= 15 is 0 Å². The maximum atomic E-state index is 12.1. The van der Waals surface area contributed by atoms with Gasteiger partial charge in [-0.2, -0.15) is 10.4 Å². The molecule has 0 amide bonds. The van der Waals surface area contributed by atoms with Gasteiger partial charge < -0.3 is 30.2 Å². The molecule has 0 aliphatic carbocycles. The minimum absolute atomic E-state index is 0.116. The second kappa shape index (κ2) is 12.6. The van der Waals surface area contributed by atoms with Crippen LogP contribution in [-0.4, -0.2) is 75.6 Å². The lowest BCUT2D eigenvalue weighted by Crippen LogP contribution is -2.51. The molecule has 0 saturated heterocycles. The first-order chi connectivity index (χ1) is 16.2. The maximum Gasteiger partial charge on any atom is 0.322 e. The third kappa shape index (κ3) is 6.19. The van der Waals surface area contributed by atoms with E-state index in [4.69, 9.17) is 19.9 Å². The number of nitrogens with zero attached hydrogens (tertiary/aromatic N) is 4. The second-order valence-corrected chi connectivity index (χ2v) is 8.03. The molecule has 0 radical (unpaired) electrons. The van der Waals surface area contributed by atoms with Gasteiger partial charge in [-0.05, 0) is 25.0 Å². The number of ether oxygens (including phenoxy) is 3. The molecular weight excluding hydrogens is 444 g/mol. The molecule has 2 aromatic heterocycles. The maximum absolute atomic E-state index is 12.1. The third-order valence-corrected chi connectivity index (χ3v) is 5.92. The number of fused-ring (bicyclic) bond motifs is 1. The number of methoxy groups -OCH3 is 1. The van der Waals surface area contributed by atoms with Gasteiger partial charge in [-0.15, -0.1) is 0 Å². The summed E-state index contributed by atoms with van der Waals surface area (Å²) in [5, 5.41) is 38.2. The number of nitriles is 1. The summed E-state index contributed by atoms with van der Waals surface area (Å²) in [6.45, 7) is 5.58. The van der Waals surface area contributed by atoms with Gasteiger partial charge in [0, 0.05) is 7.11 Å². The van der Waals surface area contributed by atoms with Crippen LogP contribution in [0, 0.1) is 17.2 Å². The first-order valence-corrected chi connectivity index (χ1v) is 11.1. The summed E-state index contributed by atoms with van der Waals surface area (Å²) in [5.41, 5.74) is 4.54. The Morgan fingerprint density at radius 2 is 2.06 bits per heavy atom. The van der Waals surface area contributed by atoms with Gasteiger partial charge in [-0.25, -0.2) is 9.50 Å². The first kappa shape index (κ1) is 27.4. The molecule has 0 aliphatic rings. The highest BCUT2D eigenvalue weighted by atomic mass is 16.6. The number of aliphatic hydroxyl groups excluding tert-OH is 2. The van der Waals surface area contributed by atoms with Gasteiger partial charge in [0.25, 0.3) is 0 Å². The van der Waals surface area contributed by atoms with Gasteiger partial charge in [0.1, 0.15) is 36.2 Å². The Balaban J connectivity index is 1.97. The highest BCUT2D eigenvalue weighted by Gasteiger charge is 2.44. The number of hydrogen-bond acceptors (Lipinski definition) is 11. The van der Waals surface area contributed by atoms with Crippen LogP contribution in [0.25, 0.3) is 5.52 Å². The summed E-state index contributed by atoms with van der Waals surface area (Å²) in [7, 11) is 1.23. The third-order valence-electron chi connectivity index (χ3n) is 5.92. The Bertz CT molecular complexity index is 974. The quantitative estimate of drug-likeness (QED) is 0.169. The van der Waals surface area contributed by atoms with E-state index in [2.05, 4.69) is 15.4 Å². The van der Waals surface area contributed by atoms with Crippen LogP contribution in [-0.2, 0) is 19.0 Å². The van der Waals surface area contributed by atoms with Crippen molar-refractivity contribution < 1.29 is 29.2 Å². The predicted octanol–water partition coefficient (Wildman–Crippen LogP) is 0.546. The number of aromatic nitrogens is 3. The Labute approximate surface area is 198 Å². The number of nitrogens with one attached hydrogen (secondary N) is 1. The fourth-order valence-corrected chi connectivity index (χ4v) is 3.34. The number of carbonyl (C=O) groups is 1. The topological polar surface area (TPSA) is 177 Å². The van der Waals surface area contributed by atoms with E-state index in [9.17, 15) is 20.3 Å². The molecule has 12 nitrogen and oxygen atoms in total. The first-order valence-electron chi connectivity index (χ1n) is 11.1. The summed E-state index contributed by atoms with van der Waals surface area (Å²) in [5.74, 6) is 0.104.